The number of unbranched alkanes of at least 4 members (excludes halogenated alkanes) is 1. The molecule has 1 heteroatoms. The molecule has 3 atom stereocenters. The molecule has 2 aliphatic carbocycles. The van der Waals surface area contributed by atoms with Crippen molar-refractivity contribution in [3.63, 3.8) is 0 Å². The molecule has 3 unspecified atom stereocenters. The van der Waals surface area contributed by atoms with E-state index in [1.54, 1.807) is 0 Å². The summed E-state index contributed by atoms with van der Waals surface area (Å²) in [4.78, 5) is 0.598. The summed E-state index contributed by atoms with van der Waals surface area (Å²) in [6, 6.07) is 9.39. The molecule has 19 heavy (non-hydrogen) atoms. The predicted octanol–water partition coefficient (Wildman–Crippen LogP) is 5.90. The molecule has 0 aromatic heterocycles. The Hall–Kier alpha value is -0.300. The van der Waals surface area contributed by atoms with Gasteiger partial charge < -0.3 is 0 Å². The normalized spacial score (nSPS) is 30.7. The lowest BCUT2D eigenvalue weighted by Gasteiger charge is -2.11. The van der Waals surface area contributed by atoms with E-state index in [-0.39, 0.29) is 0 Å². The molecule has 1 aromatic carbocycles. The molecule has 0 saturated heterocycles. The van der Waals surface area contributed by atoms with Gasteiger partial charge in [0.1, 0.15) is 0 Å². The summed E-state index contributed by atoms with van der Waals surface area (Å²) in [5, 5.41) is 0. The van der Waals surface area contributed by atoms with Gasteiger partial charge in [0.15, 0.2) is 0 Å². The number of fused-ring (bicyclic) bond motifs is 1. The molecule has 0 spiro atoms. The van der Waals surface area contributed by atoms with Gasteiger partial charge in [-0.25, -0.2) is 0 Å². The van der Waals surface area contributed by atoms with E-state index in [0.29, 0.717) is 4.83 Å². The highest BCUT2D eigenvalue weighted by Crippen LogP contribution is 2.62. The van der Waals surface area contributed by atoms with Crippen molar-refractivity contribution in [2.45, 2.75) is 56.7 Å². The maximum absolute atomic E-state index is 3.98. The average Bonchev–Trinajstić information content (AvgIpc) is 3.19. The third-order valence-electron chi connectivity index (χ3n) is 5.18. The maximum Gasteiger partial charge on any atom is 0.0429 e. The second-order valence-electron chi connectivity index (χ2n) is 6.44. The fourth-order valence-corrected chi connectivity index (χ4v) is 5.04. The number of hydrogen-bond donors (Lipinski definition) is 0. The summed E-state index contributed by atoms with van der Waals surface area (Å²) < 4.78 is 0. The van der Waals surface area contributed by atoms with Crippen LogP contribution in [0.1, 0.15) is 61.4 Å². The van der Waals surface area contributed by atoms with E-state index < -0.39 is 0 Å². The average molecular weight is 321 g/mol. The number of alkyl halides is 1. The zero-order chi connectivity index (χ0) is 13.2. The van der Waals surface area contributed by atoms with Crippen molar-refractivity contribution in [2.75, 3.05) is 0 Å². The van der Waals surface area contributed by atoms with Crippen LogP contribution in [-0.2, 0) is 6.42 Å². The molecule has 0 radical (unpaired) electrons. The molecule has 2 fully saturated rings. The van der Waals surface area contributed by atoms with Gasteiger partial charge in [0.05, 0.1) is 0 Å². The number of aryl methyl sites for hydroxylation is 1. The lowest BCUT2D eigenvalue weighted by Crippen LogP contribution is -1.96. The van der Waals surface area contributed by atoms with Crippen molar-refractivity contribution in [3.05, 3.63) is 35.4 Å². The Morgan fingerprint density at radius 2 is 1.74 bits per heavy atom. The zero-order valence-corrected chi connectivity index (χ0v) is 13.5. The molecule has 0 amide bonds. The molecule has 3 rings (SSSR count). The van der Waals surface area contributed by atoms with Crippen LogP contribution in [0.3, 0.4) is 0 Å². The van der Waals surface area contributed by atoms with E-state index in [0.717, 1.165) is 17.8 Å². The number of hydrogen-bond acceptors (Lipinski definition) is 0. The van der Waals surface area contributed by atoms with E-state index in [2.05, 4.69) is 47.1 Å². The zero-order valence-electron chi connectivity index (χ0n) is 11.9. The first kappa shape index (κ1) is 13.7. The number of benzene rings is 1. The number of halogens is 1. The summed E-state index contributed by atoms with van der Waals surface area (Å²) in [6.45, 7) is 2.26. The minimum Gasteiger partial charge on any atom is -0.0836 e. The molecule has 0 aliphatic heterocycles. The standard InChI is InChI=1S/C18H25Br/c1-2-3-6-13-9-11-14(12-10-13)18(19)17-15-7-4-5-8-16(15)17/h9-12,15-18H,2-8H2,1H3. The highest BCUT2D eigenvalue weighted by Gasteiger charge is 2.53. The second kappa shape index (κ2) is 5.99. The Morgan fingerprint density at radius 1 is 1.11 bits per heavy atom. The van der Waals surface area contributed by atoms with Gasteiger partial charge in [-0.3, -0.25) is 0 Å². The largest absolute Gasteiger partial charge is 0.0836 e. The van der Waals surface area contributed by atoms with Gasteiger partial charge >= 0.3 is 0 Å². The van der Waals surface area contributed by atoms with Gasteiger partial charge in [-0.15, -0.1) is 0 Å². The topological polar surface area (TPSA) is 0 Å². The van der Waals surface area contributed by atoms with E-state index in [9.17, 15) is 0 Å². The van der Waals surface area contributed by atoms with Crippen LogP contribution < -0.4 is 0 Å². The van der Waals surface area contributed by atoms with Gasteiger partial charge in [0.2, 0.25) is 0 Å². The fraction of sp³-hybridized carbons (Fsp3) is 0.667. The summed E-state index contributed by atoms with van der Waals surface area (Å²) in [7, 11) is 0. The van der Waals surface area contributed by atoms with Crippen molar-refractivity contribution in [1.82, 2.24) is 0 Å². The van der Waals surface area contributed by atoms with Gasteiger partial charge in [-0.05, 0) is 54.6 Å². The van der Waals surface area contributed by atoms with Gasteiger partial charge in [0.25, 0.3) is 0 Å². The van der Waals surface area contributed by atoms with E-state index in [1.807, 2.05) is 0 Å². The van der Waals surface area contributed by atoms with Crippen molar-refractivity contribution in [2.24, 2.45) is 17.8 Å². The van der Waals surface area contributed by atoms with Crippen LogP contribution in [0.2, 0.25) is 0 Å². The van der Waals surface area contributed by atoms with Crippen LogP contribution in [0.15, 0.2) is 24.3 Å². The van der Waals surface area contributed by atoms with Gasteiger partial charge in [0, 0.05) is 4.83 Å². The van der Waals surface area contributed by atoms with Crippen LogP contribution in [0, 0.1) is 17.8 Å². The first-order valence-electron chi connectivity index (χ1n) is 8.04. The van der Waals surface area contributed by atoms with Crippen molar-refractivity contribution >= 4 is 15.9 Å². The molecule has 0 N–H and O–H groups in total. The van der Waals surface area contributed by atoms with Crippen LogP contribution in [0.25, 0.3) is 0 Å². The van der Waals surface area contributed by atoms with E-state index in [1.165, 1.54) is 56.1 Å². The van der Waals surface area contributed by atoms with Crippen molar-refractivity contribution in [1.29, 1.82) is 0 Å². The van der Waals surface area contributed by atoms with Crippen molar-refractivity contribution in [3.8, 4) is 0 Å². The number of rotatable bonds is 5. The Balaban J connectivity index is 1.62. The Labute approximate surface area is 126 Å². The van der Waals surface area contributed by atoms with Crippen LogP contribution in [-0.4, -0.2) is 0 Å². The van der Waals surface area contributed by atoms with Gasteiger partial charge in [-0.2, -0.15) is 0 Å². The molecular weight excluding hydrogens is 296 g/mol. The summed E-state index contributed by atoms with van der Waals surface area (Å²) >= 11 is 3.98. The second-order valence-corrected chi connectivity index (χ2v) is 7.42. The third-order valence-corrected chi connectivity index (χ3v) is 6.32. The molecule has 0 nitrogen and oxygen atoms in total. The SMILES string of the molecule is CCCCc1ccc(C(Br)C2C3CCCCC32)cc1. The summed E-state index contributed by atoms with van der Waals surface area (Å²) in [5.74, 6) is 2.97. The lowest BCUT2D eigenvalue weighted by molar-refractivity contribution is 0.480. The van der Waals surface area contributed by atoms with E-state index >= 15 is 0 Å². The van der Waals surface area contributed by atoms with Crippen LogP contribution in [0.4, 0.5) is 0 Å². The Kier molecular flexibility index (Phi) is 4.31. The van der Waals surface area contributed by atoms with E-state index in [4.69, 9.17) is 0 Å². The minimum absolute atomic E-state index is 0.598. The summed E-state index contributed by atoms with van der Waals surface area (Å²) in [5.41, 5.74) is 3.00. The monoisotopic (exact) mass is 320 g/mol. The Morgan fingerprint density at radius 3 is 2.32 bits per heavy atom. The molecule has 104 valence electrons. The Bertz CT molecular complexity index is 396. The van der Waals surface area contributed by atoms with Crippen LogP contribution in [0.5, 0.6) is 0 Å². The third kappa shape index (κ3) is 2.91. The predicted molar refractivity (Wildman–Crippen MR) is 85.7 cm³/mol. The maximum atomic E-state index is 3.98. The molecule has 2 saturated carbocycles. The van der Waals surface area contributed by atoms with Crippen molar-refractivity contribution < 1.29 is 0 Å². The highest BCUT2D eigenvalue weighted by atomic mass is 79.9. The molecule has 0 heterocycles. The van der Waals surface area contributed by atoms with Crippen LogP contribution >= 0.6 is 15.9 Å². The molecular formula is C18H25Br. The fourth-order valence-electron chi connectivity index (χ4n) is 3.95. The summed E-state index contributed by atoms with van der Waals surface area (Å²) in [6.07, 6.45) is 9.72. The first-order valence-corrected chi connectivity index (χ1v) is 8.95. The molecule has 0 bridgehead atoms. The highest BCUT2D eigenvalue weighted by molar-refractivity contribution is 9.09. The molecule has 2 aliphatic rings. The van der Waals surface area contributed by atoms with Gasteiger partial charge in [-0.1, -0.05) is 66.4 Å². The smallest absolute Gasteiger partial charge is 0.0429 e. The first-order chi connectivity index (χ1) is 9.31. The lowest BCUT2D eigenvalue weighted by atomic mass is 10.0. The minimum atomic E-state index is 0.598. The molecule has 1 aromatic rings. The quantitative estimate of drug-likeness (QED) is 0.592.